The molecule has 0 saturated heterocycles. The van der Waals surface area contributed by atoms with Crippen LogP contribution >= 0.6 is 11.8 Å². The van der Waals surface area contributed by atoms with E-state index >= 15 is 0 Å². The summed E-state index contributed by atoms with van der Waals surface area (Å²) in [6, 6.07) is 1.76. The highest BCUT2D eigenvalue weighted by Gasteiger charge is 2.30. The minimum atomic E-state index is -1.10. The third-order valence-electron chi connectivity index (χ3n) is 2.60. The first-order chi connectivity index (χ1) is 8.08. The molecule has 3 N–H and O–H groups in total. The molecule has 94 valence electrons. The largest absolute Gasteiger partial charge is 0.480 e. The molecule has 0 aliphatic carbocycles. The van der Waals surface area contributed by atoms with Gasteiger partial charge in [0.15, 0.2) is 5.16 Å². The van der Waals surface area contributed by atoms with Gasteiger partial charge in [-0.2, -0.15) is 0 Å². The normalized spacial score (nSPS) is 14.2. The second-order valence-corrected chi connectivity index (χ2v) is 4.86. The first-order valence-electron chi connectivity index (χ1n) is 5.50. The van der Waals surface area contributed by atoms with Crippen LogP contribution in [-0.2, 0) is 4.79 Å². The summed E-state index contributed by atoms with van der Waals surface area (Å²) in [6.45, 7) is 1.79. The summed E-state index contributed by atoms with van der Waals surface area (Å²) in [5.74, 6) is -0.156. The van der Waals surface area contributed by atoms with Gasteiger partial charge >= 0.3 is 5.97 Å². The van der Waals surface area contributed by atoms with Gasteiger partial charge in [0.25, 0.3) is 0 Å². The summed E-state index contributed by atoms with van der Waals surface area (Å²) in [4.78, 5) is 19.1. The lowest BCUT2D eigenvalue weighted by molar-refractivity contribution is -0.143. The molecule has 0 bridgehead atoms. The lowest BCUT2D eigenvalue weighted by atomic mass is 9.92. The zero-order valence-corrected chi connectivity index (χ0v) is 10.6. The summed E-state index contributed by atoms with van der Waals surface area (Å²) >= 11 is 1.51. The van der Waals surface area contributed by atoms with Gasteiger partial charge in [-0.1, -0.05) is 18.7 Å². The van der Waals surface area contributed by atoms with Crippen LogP contribution in [0, 0.1) is 0 Å². The van der Waals surface area contributed by atoms with Crippen molar-refractivity contribution >= 4 is 17.7 Å². The Morgan fingerprint density at radius 2 is 2.18 bits per heavy atom. The molecule has 1 rings (SSSR count). The Hall–Kier alpha value is -1.14. The van der Waals surface area contributed by atoms with Crippen molar-refractivity contribution in [3.63, 3.8) is 0 Å². The van der Waals surface area contributed by atoms with Crippen molar-refractivity contribution in [2.45, 2.75) is 36.9 Å². The number of aromatic nitrogens is 2. The van der Waals surface area contributed by atoms with E-state index in [-0.39, 0.29) is 0 Å². The van der Waals surface area contributed by atoms with Gasteiger partial charge < -0.3 is 10.8 Å². The predicted molar refractivity (Wildman–Crippen MR) is 66.8 cm³/mol. The van der Waals surface area contributed by atoms with Crippen molar-refractivity contribution in [3.8, 4) is 0 Å². The lowest BCUT2D eigenvalue weighted by Crippen LogP contribution is -2.47. The number of hydrogen-bond acceptors (Lipinski definition) is 5. The minimum Gasteiger partial charge on any atom is -0.480 e. The smallest absolute Gasteiger partial charge is 0.323 e. The second-order valence-electron chi connectivity index (χ2n) is 3.80. The molecule has 0 aliphatic heterocycles. The molecule has 0 aromatic carbocycles. The third kappa shape index (κ3) is 4.32. The van der Waals surface area contributed by atoms with Crippen molar-refractivity contribution in [3.05, 3.63) is 18.5 Å². The Balaban J connectivity index is 2.31. The molecule has 1 unspecified atom stereocenters. The Bertz CT molecular complexity index is 361. The van der Waals surface area contributed by atoms with Crippen molar-refractivity contribution in [2.24, 2.45) is 5.73 Å². The number of aliphatic carboxylic acids is 1. The Morgan fingerprint density at radius 1 is 1.53 bits per heavy atom. The first kappa shape index (κ1) is 13.9. The molecule has 1 aromatic rings. The van der Waals surface area contributed by atoms with Gasteiger partial charge in [0.2, 0.25) is 0 Å². The summed E-state index contributed by atoms with van der Waals surface area (Å²) in [6.07, 6.45) is 5.02. The van der Waals surface area contributed by atoms with E-state index in [0.29, 0.717) is 18.0 Å². The maximum absolute atomic E-state index is 11.0. The standard InChI is InChI=1S/C11H17N3O2S/c1-2-11(12,9(15)16)5-3-8-17-10-13-6-4-7-14-10/h4,6-7H,2-3,5,8,12H2,1H3,(H,15,16). The molecule has 0 radical (unpaired) electrons. The zero-order valence-electron chi connectivity index (χ0n) is 9.80. The van der Waals surface area contributed by atoms with Crippen molar-refractivity contribution < 1.29 is 9.90 Å². The SMILES string of the molecule is CCC(N)(CCCSc1ncccn1)C(=O)O. The number of hydrogen-bond donors (Lipinski definition) is 2. The fourth-order valence-corrected chi connectivity index (χ4v) is 2.09. The fourth-order valence-electron chi connectivity index (χ4n) is 1.35. The third-order valence-corrected chi connectivity index (χ3v) is 3.56. The molecule has 17 heavy (non-hydrogen) atoms. The monoisotopic (exact) mass is 255 g/mol. The van der Waals surface area contributed by atoms with Crippen molar-refractivity contribution in [1.82, 2.24) is 9.97 Å². The van der Waals surface area contributed by atoms with Gasteiger partial charge in [-0.05, 0) is 25.3 Å². The average molecular weight is 255 g/mol. The van der Waals surface area contributed by atoms with Crippen LogP contribution < -0.4 is 5.73 Å². The van der Waals surface area contributed by atoms with Gasteiger partial charge in [0.05, 0.1) is 0 Å². The van der Waals surface area contributed by atoms with Gasteiger partial charge in [-0.3, -0.25) is 4.79 Å². The highest BCUT2D eigenvalue weighted by Crippen LogP contribution is 2.19. The van der Waals surface area contributed by atoms with Crippen LogP contribution in [0.5, 0.6) is 0 Å². The highest BCUT2D eigenvalue weighted by atomic mass is 32.2. The molecule has 0 spiro atoms. The lowest BCUT2D eigenvalue weighted by Gasteiger charge is -2.22. The number of carbonyl (C=O) groups is 1. The summed E-state index contributed by atoms with van der Waals surface area (Å²) < 4.78 is 0. The Kier molecular flexibility index (Phi) is 5.37. The molecule has 6 heteroatoms. The molecule has 5 nitrogen and oxygen atoms in total. The van der Waals surface area contributed by atoms with E-state index in [1.54, 1.807) is 25.4 Å². The number of nitrogens with zero attached hydrogens (tertiary/aromatic N) is 2. The van der Waals surface area contributed by atoms with Crippen LogP contribution in [-0.4, -0.2) is 32.3 Å². The predicted octanol–water partition coefficient (Wildman–Crippen LogP) is 1.54. The number of thioether (sulfide) groups is 1. The van der Waals surface area contributed by atoms with Crippen LogP contribution in [0.25, 0.3) is 0 Å². The van der Waals surface area contributed by atoms with Crippen molar-refractivity contribution in [2.75, 3.05) is 5.75 Å². The van der Waals surface area contributed by atoms with Crippen molar-refractivity contribution in [1.29, 1.82) is 0 Å². The Labute approximate surface area is 105 Å². The summed E-state index contributed by atoms with van der Waals surface area (Å²) in [7, 11) is 0. The van der Waals surface area contributed by atoms with Crippen LogP contribution in [0.1, 0.15) is 26.2 Å². The molecule has 0 amide bonds. The Morgan fingerprint density at radius 3 is 2.71 bits per heavy atom. The van der Waals surface area contributed by atoms with E-state index in [9.17, 15) is 4.79 Å². The molecular formula is C11H17N3O2S. The number of carboxylic acids is 1. The van der Waals surface area contributed by atoms with E-state index in [1.807, 2.05) is 0 Å². The molecule has 1 atom stereocenters. The summed E-state index contributed by atoms with van der Waals surface area (Å²) in [5, 5.41) is 9.70. The average Bonchev–Trinajstić information content (AvgIpc) is 2.35. The second kappa shape index (κ2) is 6.56. The molecule has 1 heterocycles. The van der Waals surface area contributed by atoms with Gasteiger partial charge in [-0.15, -0.1) is 0 Å². The molecule has 0 saturated carbocycles. The van der Waals surface area contributed by atoms with Crippen LogP contribution in [0.2, 0.25) is 0 Å². The van der Waals surface area contributed by atoms with Crippen LogP contribution in [0.3, 0.4) is 0 Å². The van der Waals surface area contributed by atoms with Crippen LogP contribution in [0.4, 0.5) is 0 Å². The molecule has 1 aromatic heterocycles. The number of rotatable bonds is 7. The number of carboxylic acid groups (broad SMARTS) is 1. The molecule has 0 aliphatic rings. The van der Waals surface area contributed by atoms with Crippen LogP contribution in [0.15, 0.2) is 23.6 Å². The number of nitrogens with two attached hydrogens (primary N) is 1. The fraction of sp³-hybridized carbons (Fsp3) is 0.545. The van der Waals surface area contributed by atoms with E-state index in [2.05, 4.69) is 9.97 Å². The maximum atomic E-state index is 11.0. The van der Waals surface area contributed by atoms with E-state index in [0.717, 1.165) is 12.2 Å². The summed E-state index contributed by atoms with van der Waals surface area (Å²) in [5.41, 5.74) is 4.68. The first-order valence-corrected chi connectivity index (χ1v) is 6.49. The molecule has 0 fully saturated rings. The van der Waals surface area contributed by atoms with E-state index < -0.39 is 11.5 Å². The molecular weight excluding hydrogens is 238 g/mol. The quantitative estimate of drug-likeness (QED) is 0.436. The van der Waals surface area contributed by atoms with Gasteiger partial charge in [-0.25, -0.2) is 9.97 Å². The minimum absolute atomic E-state index is 0.439. The zero-order chi connectivity index (χ0) is 12.7. The van der Waals surface area contributed by atoms with E-state index in [1.165, 1.54) is 11.8 Å². The highest BCUT2D eigenvalue weighted by molar-refractivity contribution is 7.99. The maximum Gasteiger partial charge on any atom is 0.323 e. The van der Waals surface area contributed by atoms with E-state index in [4.69, 9.17) is 10.8 Å². The topological polar surface area (TPSA) is 89.1 Å². The van der Waals surface area contributed by atoms with Gasteiger partial charge in [0.1, 0.15) is 5.54 Å². The van der Waals surface area contributed by atoms with Gasteiger partial charge in [0, 0.05) is 18.1 Å².